The lowest BCUT2D eigenvalue weighted by Crippen LogP contribution is -1.90. The molecule has 3 rings (SSSR count). The van der Waals surface area contributed by atoms with Gasteiger partial charge in [0.1, 0.15) is 0 Å². The molecule has 3 aromatic rings. The molecule has 1 unspecified atom stereocenters. The van der Waals surface area contributed by atoms with Crippen LogP contribution in [0, 0.1) is 0 Å². The van der Waals surface area contributed by atoms with Crippen LogP contribution in [0.15, 0.2) is 41.1 Å². The third-order valence-corrected chi connectivity index (χ3v) is 3.43. The largest absolute Gasteiger partial charge is 0.334 e. The van der Waals surface area contributed by atoms with Crippen LogP contribution >= 0.6 is 11.6 Å². The lowest BCUT2D eigenvalue weighted by Gasteiger charge is -1.98. The first-order chi connectivity index (χ1) is 9.28. The smallest absolute Gasteiger partial charge is 0.257 e. The lowest BCUT2D eigenvalue weighted by atomic mass is 10.1. The Morgan fingerprint density at radius 1 is 1.32 bits per heavy atom. The van der Waals surface area contributed by atoms with Gasteiger partial charge in [-0.3, -0.25) is 4.98 Å². The van der Waals surface area contributed by atoms with Crippen molar-refractivity contribution in [1.29, 1.82) is 0 Å². The van der Waals surface area contributed by atoms with Gasteiger partial charge < -0.3 is 4.52 Å². The molecule has 0 aliphatic carbocycles. The summed E-state index contributed by atoms with van der Waals surface area (Å²) in [6, 6.07) is 9.74. The van der Waals surface area contributed by atoms with E-state index in [1.54, 1.807) is 6.20 Å². The SMILES string of the molecule is CCC(Cl)c1noc(-c2ccc3ncccc3c2)n1. The van der Waals surface area contributed by atoms with Crippen molar-refractivity contribution >= 4 is 22.5 Å². The molecule has 2 aromatic heterocycles. The van der Waals surface area contributed by atoms with Crippen molar-refractivity contribution in [3.8, 4) is 11.5 Å². The van der Waals surface area contributed by atoms with Gasteiger partial charge in [-0.25, -0.2) is 0 Å². The Labute approximate surface area is 115 Å². The molecule has 4 nitrogen and oxygen atoms in total. The topological polar surface area (TPSA) is 51.8 Å². The molecule has 0 spiro atoms. The second kappa shape index (κ2) is 4.97. The van der Waals surface area contributed by atoms with E-state index < -0.39 is 0 Å². The van der Waals surface area contributed by atoms with E-state index in [0.29, 0.717) is 11.7 Å². The Morgan fingerprint density at radius 3 is 3.05 bits per heavy atom. The quantitative estimate of drug-likeness (QED) is 0.678. The molecule has 0 fully saturated rings. The van der Waals surface area contributed by atoms with Crippen LogP contribution in [0.1, 0.15) is 24.5 Å². The number of rotatable bonds is 3. The zero-order valence-corrected chi connectivity index (χ0v) is 11.1. The van der Waals surface area contributed by atoms with Crippen molar-refractivity contribution in [3.05, 3.63) is 42.4 Å². The van der Waals surface area contributed by atoms with Crippen molar-refractivity contribution in [2.75, 3.05) is 0 Å². The predicted molar refractivity (Wildman–Crippen MR) is 73.9 cm³/mol. The molecule has 5 heteroatoms. The molecule has 0 saturated heterocycles. The van der Waals surface area contributed by atoms with Crippen molar-refractivity contribution in [3.63, 3.8) is 0 Å². The first-order valence-corrected chi connectivity index (χ1v) is 6.54. The van der Waals surface area contributed by atoms with Crippen LogP contribution in [0.3, 0.4) is 0 Å². The Bertz CT molecular complexity index is 710. The minimum Gasteiger partial charge on any atom is -0.334 e. The van der Waals surface area contributed by atoms with Crippen molar-refractivity contribution in [2.24, 2.45) is 0 Å². The molecule has 0 radical (unpaired) electrons. The highest BCUT2D eigenvalue weighted by molar-refractivity contribution is 6.20. The fourth-order valence-corrected chi connectivity index (χ4v) is 1.96. The summed E-state index contributed by atoms with van der Waals surface area (Å²) in [6.45, 7) is 1.98. The first-order valence-electron chi connectivity index (χ1n) is 6.10. The highest BCUT2D eigenvalue weighted by Crippen LogP contribution is 2.26. The van der Waals surface area contributed by atoms with Gasteiger partial charge in [-0.05, 0) is 30.7 Å². The second-order valence-corrected chi connectivity index (χ2v) is 4.77. The summed E-state index contributed by atoms with van der Waals surface area (Å²) in [5.41, 5.74) is 1.81. The number of pyridine rings is 1. The van der Waals surface area contributed by atoms with E-state index in [4.69, 9.17) is 16.1 Å². The first kappa shape index (κ1) is 12.1. The molecular weight excluding hydrogens is 262 g/mol. The lowest BCUT2D eigenvalue weighted by molar-refractivity contribution is 0.421. The van der Waals surface area contributed by atoms with Crippen LogP contribution in [0.25, 0.3) is 22.4 Å². The number of nitrogens with zero attached hydrogens (tertiary/aromatic N) is 3. The fraction of sp³-hybridized carbons (Fsp3) is 0.214. The highest BCUT2D eigenvalue weighted by Gasteiger charge is 2.15. The van der Waals surface area contributed by atoms with Gasteiger partial charge in [0.2, 0.25) is 0 Å². The number of halogens is 1. The van der Waals surface area contributed by atoms with E-state index >= 15 is 0 Å². The van der Waals surface area contributed by atoms with Crippen LogP contribution in [-0.2, 0) is 0 Å². The summed E-state index contributed by atoms with van der Waals surface area (Å²) in [5.74, 6) is 1.02. The van der Waals surface area contributed by atoms with Gasteiger partial charge in [-0.2, -0.15) is 4.98 Å². The molecule has 0 saturated carbocycles. The Morgan fingerprint density at radius 2 is 2.21 bits per heavy atom. The van der Waals surface area contributed by atoms with Crippen molar-refractivity contribution in [1.82, 2.24) is 15.1 Å². The number of alkyl halides is 1. The maximum atomic E-state index is 6.09. The van der Waals surface area contributed by atoms with Gasteiger partial charge >= 0.3 is 0 Å². The summed E-state index contributed by atoms with van der Waals surface area (Å²) < 4.78 is 5.26. The van der Waals surface area contributed by atoms with Crippen LogP contribution < -0.4 is 0 Å². The molecule has 1 aromatic carbocycles. The zero-order chi connectivity index (χ0) is 13.2. The molecule has 96 valence electrons. The molecule has 0 aliphatic heterocycles. The Kier molecular flexibility index (Phi) is 3.17. The average Bonchev–Trinajstić information content (AvgIpc) is 2.95. The monoisotopic (exact) mass is 273 g/mol. The second-order valence-electron chi connectivity index (χ2n) is 4.24. The normalized spacial score (nSPS) is 12.7. The molecule has 0 aliphatic rings. The molecular formula is C14H12ClN3O. The summed E-state index contributed by atoms with van der Waals surface area (Å²) in [5, 5.41) is 4.74. The third-order valence-electron chi connectivity index (χ3n) is 2.93. The number of fused-ring (bicyclic) bond motifs is 1. The van der Waals surface area contributed by atoms with Gasteiger partial charge in [0.25, 0.3) is 5.89 Å². The van der Waals surface area contributed by atoms with E-state index in [1.165, 1.54) is 0 Å². The van der Waals surface area contributed by atoms with Crippen LogP contribution in [0.2, 0.25) is 0 Å². The average molecular weight is 274 g/mol. The van der Waals surface area contributed by atoms with Gasteiger partial charge in [-0.15, -0.1) is 11.6 Å². The van der Waals surface area contributed by atoms with Gasteiger partial charge in [-0.1, -0.05) is 18.1 Å². The number of aromatic nitrogens is 3. The highest BCUT2D eigenvalue weighted by atomic mass is 35.5. The summed E-state index contributed by atoms with van der Waals surface area (Å²) in [7, 11) is 0. The molecule has 2 heterocycles. The summed E-state index contributed by atoms with van der Waals surface area (Å²) in [6.07, 6.45) is 2.54. The summed E-state index contributed by atoms with van der Waals surface area (Å²) >= 11 is 6.09. The van der Waals surface area contributed by atoms with E-state index in [-0.39, 0.29) is 5.38 Å². The number of benzene rings is 1. The maximum Gasteiger partial charge on any atom is 0.257 e. The van der Waals surface area contributed by atoms with Gasteiger partial charge in [0, 0.05) is 17.1 Å². The molecule has 19 heavy (non-hydrogen) atoms. The van der Waals surface area contributed by atoms with E-state index in [2.05, 4.69) is 15.1 Å². The van der Waals surface area contributed by atoms with Crippen molar-refractivity contribution in [2.45, 2.75) is 18.7 Å². The standard InChI is InChI=1S/C14H12ClN3O/c1-2-11(15)13-17-14(19-18-13)10-5-6-12-9(8-10)4-3-7-16-12/h3-8,11H,2H2,1H3. The minimum absolute atomic E-state index is 0.209. The molecule has 0 N–H and O–H groups in total. The molecule has 0 amide bonds. The maximum absolute atomic E-state index is 6.09. The van der Waals surface area contributed by atoms with Gasteiger partial charge in [0.15, 0.2) is 5.82 Å². The predicted octanol–water partition coefficient (Wildman–Crippen LogP) is 3.97. The number of hydrogen-bond donors (Lipinski definition) is 0. The van der Waals surface area contributed by atoms with Crippen LogP contribution in [-0.4, -0.2) is 15.1 Å². The third kappa shape index (κ3) is 2.31. The summed E-state index contributed by atoms with van der Waals surface area (Å²) in [4.78, 5) is 8.60. The van der Waals surface area contributed by atoms with E-state index in [1.807, 2.05) is 37.3 Å². The van der Waals surface area contributed by atoms with Crippen molar-refractivity contribution < 1.29 is 4.52 Å². The number of hydrogen-bond acceptors (Lipinski definition) is 4. The minimum atomic E-state index is -0.209. The van der Waals surface area contributed by atoms with Gasteiger partial charge in [0.05, 0.1) is 10.9 Å². The Hall–Kier alpha value is -1.94. The van der Waals surface area contributed by atoms with E-state index in [0.717, 1.165) is 22.9 Å². The van der Waals surface area contributed by atoms with Crippen LogP contribution in [0.4, 0.5) is 0 Å². The molecule has 1 atom stereocenters. The zero-order valence-electron chi connectivity index (χ0n) is 10.4. The molecule has 0 bridgehead atoms. The van der Waals surface area contributed by atoms with E-state index in [9.17, 15) is 0 Å². The van der Waals surface area contributed by atoms with Crippen LogP contribution in [0.5, 0.6) is 0 Å². The Balaban J connectivity index is 2.01. The fourth-order valence-electron chi connectivity index (χ4n) is 1.87.